The van der Waals surface area contributed by atoms with Crippen LogP contribution < -0.4 is 14.8 Å². The number of benzene rings is 2. The van der Waals surface area contributed by atoms with Crippen molar-refractivity contribution in [3.8, 4) is 11.5 Å². The predicted octanol–water partition coefficient (Wildman–Crippen LogP) is 4.72. The molecule has 0 bridgehead atoms. The molecule has 0 unspecified atom stereocenters. The fourth-order valence-electron chi connectivity index (χ4n) is 2.96. The van der Waals surface area contributed by atoms with Crippen LogP contribution in [0.3, 0.4) is 0 Å². The Labute approximate surface area is 177 Å². The van der Waals surface area contributed by atoms with Crippen LogP contribution >= 0.6 is 0 Å². The Balaban J connectivity index is 2.06. The molecule has 0 aliphatic heterocycles. The van der Waals surface area contributed by atoms with Crippen molar-refractivity contribution in [1.82, 2.24) is 0 Å². The van der Waals surface area contributed by atoms with Crippen molar-refractivity contribution in [1.29, 1.82) is 0 Å². The SMILES string of the molecule is COc1ccc(OC)c(/C=C/C(=O)O[C@H](C)C(=O)Nc2c(C)cccc2C(C)C)c1. The number of hydrogen-bond acceptors (Lipinski definition) is 5. The molecule has 0 aliphatic carbocycles. The number of carbonyl (C=O) groups is 2. The minimum atomic E-state index is -0.950. The summed E-state index contributed by atoms with van der Waals surface area (Å²) in [5.74, 6) is 0.462. The second-order valence-electron chi connectivity index (χ2n) is 7.20. The molecule has 0 saturated carbocycles. The van der Waals surface area contributed by atoms with Crippen LogP contribution in [-0.2, 0) is 14.3 Å². The normalized spacial score (nSPS) is 12.0. The summed E-state index contributed by atoms with van der Waals surface area (Å²) in [5, 5.41) is 2.90. The van der Waals surface area contributed by atoms with Gasteiger partial charge in [0.15, 0.2) is 6.10 Å². The molecule has 1 N–H and O–H groups in total. The van der Waals surface area contributed by atoms with E-state index in [-0.39, 0.29) is 11.8 Å². The fourth-order valence-corrected chi connectivity index (χ4v) is 2.96. The molecule has 2 aromatic rings. The van der Waals surface area contributed by atoms with Gasteiger partial charge in [0.1, 0.15) is 11.5 Å². The molecule has 6 nitrogen and oxygen atoms in total. The Kier molecular flexibility index (Phi) is 8.04. The summed E-state index contributed by atoms with van der Waals surface area (Å²) >= 11 is 0. The maximum Gasteiger partial charge on any atom is 0.331 e. The third-order valence-electron chi connectivity index (χ3n) is 4.67. The molecular weight excluding hydrogens is 382 g/mol. The minimum absolute atomic E-state index is 0.249. The van der Waals surface area contributed by atoms with E-state index in [4.69, 9.17) is 14.2 Å². The maximum atomic E-state index is 12.6. The van der Waals surface area contributed by atoms with Gasteiger partial charge in [-0.2, -0.15) is 0 Å². The molecule has 1 atom stereocenters. The Bertz CT molecular complexity index is 933. The van der Waals surface area contributed by atoms with Gasteiger partial charge in [-0.25, -0.2) is 4.79 Å². The molecule has 2 rings (SSSR count). The van der Waals surface area contributed by atoms with Gasteiger partial charge in [0, 0.05) is 17.3 Å². The van der Waals surface area contributed by atoms with Crippen LogP contribution in [0.4, 0.5) is 5.69 Å². The Morgan fingerprint density at radius 2 is 1.77 bits per heavy atom. The largest absolute Gasteiger partial charge is 0.497 e. The number of nitrogens with one attached hydrogen (secondary N) is 1. The Morgan fingerprint density at radius 1 is 1.03 bits per heavy atom. The summed E-state index contributed by atoms with van der Waals surface area (Å²) in [6.45, 7) is 7.60. The van der Waals surface area contributed by atoms with Crippen LogP contribution in [0.5, 0.6) is 11.5 Å². The summed E-state index contributed by atoms with van der Waals surface area (Å²) in [7, 11) is 3.10. The summed E-state index contributed by atoms with van der Waals surface area (Å²) < 4.78 is 15.7. The van der Waals surface area contributed by atoms with Crippen LogP contribution in [0.2, 0.25) is 0 Å². The zero-order valence-corrected chi connectivity index (χ0v) is 18.3. The summed E-state index contributed by atoms with van der Waals surface area (Å²) in [6.07, 6.45) is 1.87. The lowest BCUT2D eigenvalue weighted by Crippen LogP contribution is -2.30. The number of methoxy groups -OCH3 is 2. The van der Waals surface area contributed by atoms with E-state index in [1.165, 1.54) is 6.08 Å². The van der Waals surface area contributed by atoms with E-state index in [1.807, 2.05) is 25.1 Å². The summed E-state index contributed by atoms with van der Waals surface area (Å²) in [5.41, 5.74) is 3.41. The monoisotopic (exact) mass is 411 g/mol. The van der Waals surface area contributed by atoms with Gasteiger partial charge in [0.05, 0.1) is 14.2 Å². The number of rotatable bonds is 8. The summed E-state index contributed by atoms with van der Waals surface area (Å²) in [4.78, 5) is 24.8. The Hall–Kier alpha value is -3.28. The number of ether oxygens (including phenoxy) is 3. The van der Waals surface area contributed by atoms with Gasteiger partial charge >= 0.3 is 5.97 Å². The number of anilines is 1. The standard InChI is InChI=1S/C24H29NO5/c1-15(2)20-9-7-8-16(3)23(20)25-24(27)17(4)30-22(26)13-10-18-14-19(28-5)11-12-21(18)29-6/h7-15,17H,1-6H3,(H,25,27)/b13-10+/t17-/m1/s1. The third kappa shape index (κ3) is 5.86. The highest BCUT2D eigenvalue weighted by atomic mass is 16.5. The van der Waals surface area contributed by atoms with Crippen LogP contribution in [0.25, 0.3) is 6.08 Å². The molecule has 0 saturated heterocycles. The van der Waals surface area contributed by atoms with Gasteiger partial charge < -0.3 is 19.5 Å². The first-order valence-corrected chi connectivity index (χ1v) is 9.77. The third-order valence-corrected chi connectivity index (χ3v) is 4.67. The van der Waals surface area contributed by atoms with E-state index in [2.05, 4.69) is 19.2 Å². The van der Waals surface area contributed by atoms with E-state index >= 15 is 0 Å². The zero-order valence-electron chi connectivity index (χ0n) is 18.3. The highest BCUT2D eigenvalue weighted by molar-refractivity contribution is 5.97. The first-order chi connectivity index (χ1) is 14.3. The van der Waals surface area contributed by atoms with E-state index in [0.717, 1.165) is 16.8 Å². The van der Waals surface area contributed by atoms with Crippen molar-refractivity contribution in [3.63, 3.8) is 0 Å². The van der Waals surface area contributed by atoms with Crippen LogP contribution in [0.1, 0.15) is 43.4 Å². The quantitative estimate of drug-likeness (QED) is 0.503. The molecule has 0 aliphatic rings. The van der Waals surface area contributed by atoms with Gasteiger partial charge in [0.2, 0.25) is 0 Å². The average Bonchev–Trinajstić information content (AvgIpc) is 2.72. The summed E-state index contributed by atoms with van der Waals surface area (Å²) in [6, 6.07) is 11.1. The molecule has 1 amide bonds. The molecule has 30 heavy (non-hydrogen) atoms. The lowest BCUT2D eigenvalue weighted by molar-refractivity contribution is -0.148. The molecule has 0 fully saturated rings. The van der Waals surface area contributed by atoms with E-state index in [1.54, 1.807) is 45.4 Å². The smallest absolute Gasteiger partial charge is 0.331 e. The van der Waals surface area contributed by atoms with Gasteiger partial charge in [0.25, 0.3) is 5.91 Å². The number of carbonyl (C=O) groups excluding carboxylic acids is 2. The molecule has 160 valence electrons. The van der Waals surface area contributed by atoms with Crippen LogP contribution in [-0.4, -0.2) is 32.2 Å². The van der Waals surface area contributed by atoms with E-state index in [9.17, 15) is 9.59 Å². The molecular formula is C24H29NO5. The second kappa shape index (κ2) is 10.5. The molecule has 2 aromatic carbocycles. The number of para-hydroxylation sites is 1. The molecule has 0 spiro atoms. The van der Waals surface area contributed by atoms with Crippen molar-refractivity contribution in [2.75, 3.05) is 19.5 Å². The predicted molar refractivity (Wildman–Crippen MR) is 118 cm³/mol. The molecule has 6 heteroatoms. The van der Waals surface area contributed by atoms with Crippen LogP contribution in [0.15, 0.2) is 42.5 Å². The second-order valence-corrected chi connectivity index (χ2v) is 7.20. The van der Waals surface area contributed by atoms with Gasteiger partial charge in [-0.1, -0.05) is 32.0 Å². The van der Waals surface area contributed by atoms with Crippen molar-refractivity contribution in [3.05, 3.63) is 59.2 Å². The minimum Gasteiger partial charge on any atom is -0.497 e. The van der Waals surface area contributed by atoms with Crippen molar-refractivity contribution >= 4 is 23.6 Å². The molecule has 0 radical (unpaired) electrons. The lowest BCUT2D eigenvalue weighted by Gasteiger charge is -2.18. The van der Waals surface area contributed by atoms with E-state index in [0.29, 0.717) is 17.1 Å². The van der Waals surface area contributed by atoms with Gasteiger partial charge in [-0.05, 0) is 55.2 Å². The highest BCUT2D eigenvalue weighted by Crippen LogP contribution is 2.28. The van der Waals surface area contributed by atoms with Crippen molar-refractivity contribution < 1.29 is 23.8 Å². The van der Waals surface area contributed by atoms with Gasteiger partial charge in [-0.15, -0.1) is 0 Å². The number of hydrogen-bond donors (Lipinski definition) is 1. The highest BCUT2D eigenvalue weighted by Gasteiger charge is 2.19. The van der Waals surface area contributed by atoms with Crippen LogP contribution in [0, 0.1) is 6.92 Å². The molecule has 0 aromatic heterocycles. The lowest BCUT2D eigenvalue weighted by atomic mass is 9.98. The maximum absolute atomic E-state index is 12.6. The fraction of sp³-hybridized carbons (Fsp3) is 0.333. The zero-order chi connectivity index (χ0) is 22.3. The Morgan fingerprint density at radius 3 is 2.40 bits per heavy atom. The van der Waals surface area contributed by atoms with Crippen molar-refractivity contribution in [2.24, 2.45) is 0 Å². The van der Waals surface area contributed by atoms with Gasteiger partial charge in [-0.3, -0.25) is 4.79 Å². The number of amides is 1. The topological polar surface area (TPSA) is 73.9 Å². The first-order valence-electron chi connectivity index (χ1n) is 9.77. The van der Waals surface area contributed by atoms with E-state index < -0.39 is 12.1 Å². The van der Waals surface area contributed by atoms with Crippen molar-refractivity contribution in [2.45, 2.75) is 39.7 Å². The first kappa shape index (κ1) is 23.0. The number of esters is 1. The average molecular weight is 411 g/mol. The number of aryl methyl sites for hydroxylation is 1. The molecule has 0 heterocycles.